The number of hydrogen-bond donors (Lipinski definition) is 2. The van der Waals surface area contributed by atoms with Gasteiger partial charge in [0.25, 0.3) is 0 Å². The van der Waals surface area contributed by atoms with E-state index in [1.54, 1.807) is 11.8 Å². The van der Waals surface area contributed by atoms with Gasteiger partial charge in [0.05, 0.1) is 37.6 Å². The molecule has 0 radical (unpaired) electrons. The van der Waals surface area contributed by atoms with Crippen LogP contribution in [0.4, 0.5) is 0 Å². The van der Waals surface area contributed by atoms with Crippen LogP contribution in [0.2, 0.25) is 0 Å². The maximum Gasteiger partial charge on any atom is 0.0900 e. The lowest BCUT2D eigenvalue weighted by molar-refractivity contribution is -0.00493. The van der Waals surface area contributed by atoms with Gasteiger partial charge in [0.1, 0.15) is 0 Å². The van der Waals surface area contributed by atoms with Gasteiger partial charge in [0.15, 0.2) is 0 Å². The fourth-order valence-corrected chi connectivity index (χ4v) is 2.57. The van der Waals surface area contributed by atoms with E-state index in [0.717, 1.165) is 12.3 Å². The van der Waals surface area contributed by atoms with Gasteiger partial charge in [-0.1, -0.05) is 0 Å². The molecule has 0 unspecified atom stereocenters. The van der Waals surface area contributed by atoms with Gasteiger partial charge in [0.2, 0.25) is 0 Å². The molecule has 0 aliphatic carbocycles. The third-order valence-corrected chi connectivity index (χ3v) is 3.79. The Balaban J connectivity index is 3.54. The Morgan fingerprint density at radius 2 is 1.48 bits per heavy atom. The molecule has 0 saturated heterocycles. The van der Waals surface area contributed by atoms with Crippen molar-refractivity contribution in [3.05, 3.63) is 0 Å². The average Bonchev–Trinajstić information content (AvgIpc) is 2.39. The van der Waals surface area contributed by atoms with Crippen molar-refractivity contribution in [2.75, 3.05) is 44.9 Å². The number of aliphatic hydroxyl groups is 2. The molecule has 0 rings (SSSR count). The van der Waals surface area contributed by atoms with Crippen molar-refractivity contribution >= 4 is 11.8 Å². The summed E-state index contributed by atoms with van der Waals surface area (Å²) >= 11 is 1.70. The fraction of sp³-hybridized carbons (Fsp3) is 1.00. The highest BCUT2D eigenvalue weighted by molar-refractivity contribution is 7.99. The standard InChI is InChI=1S/C15H33NO4S/c1-12(2)19-9-14(17)8-16(5)6-7-21-11-15(18)10-20-13(3)4/h12-15,17-18H,6-11H2,1-5H3/t14-,15-/m0/s1. The number of aliphatic hydroxyl groups excluding tert-OH is 2. The first-order chi connectivity index (χ1) is 9.81. The molecule has 0 aliphatic heterocycles. The monoisotopic (exact) mass is 323 g/mol. The predicted octanol–water partition coefficient (Wildman–Crippen LogP) is 1.22. The summed E-state index contributed by atoms with van der Waals surface area (Å²) in [5.74, 6) is 1.60. The van der Waals surface area contributed by atoms with E-state index in [1.165, 1.54) is 0 Å². The van der Waals surface area contributed by atoms with Crippen molar-refractivity contribution in [2.24, 2.45) is 0 Å². The quantitative estimate of drug-likeness (QED) is 0.497. The molecule has 0 bridgehead atoms. The largest absolute Gasteiger partial charge is 0.390 e. The molecule has 0 aromatic heterocycles. The summed E-state index contributed by atoms with van der Waals surface area (Å²) in [4.78, 5) is 2.08. The minimum absolute atomic E-state index is 0.148. The van der Waals surface area contributed by atoms with Crippen LogP contribution in [0.1, 0.15) is 27.7 Å². The van der Waals surface area contributed by atoms with E-state index < -0.39 is 12.2 Å². The van der Waals surface area contributed by atoms with E-state index in [1.807, 2.05) is 34.7 Å². The molecule has 0 heterocycles. The van der Waals surface area contributed by atoms with E-state index in [-0.39, 0.29) is 12.2 Å². The molecule has 0 aromatic rings. The average molecular weight is 323 g/mol. The second-order valence-corrected chi connectivity index (χ2v) is 7.06. The van der Waals surface area contributed by atoms with Crippen molar-refractivity contribution in [2.45, 2.75) is 52.1 Å². The van der Waals surface area contributed by atoms with Gasteiger partial charge in [-0.15, -0.1) is 0 Å². The molecule has 2 atom stereocenters. The van der Waals surface area contributed by atoms with E-state index in [2.05, 4.69) is 4.90 Å². The van der Waals surface area contributed by atoms with Gasteiger partial charge >= 0.3 is 0 Å². The molecule has 6 heteroatoms. The molecule has 21 heavy (non-hydrogen) atoms. The Hall–Kier alpha value is 0.150. The summed E-state index contributed by atoms with van der Waals surface area (Å²) in [5.41, 5.74) is 0. The number of rotatable bonds is 13. The highest BCUT2D eigenvalue weighted by Gasteiger charge is 2.10. The molecular formula is C15H33NO4S. The van der Waals surface area contributed by atoms with Crippen LogP contribution < -0.4 is 0 Å². The first-order valence-corrected chi connectivity index (χ1v) is 8.82. The SMILES string of the molecule is CC(C)OC[C@@H](O)CN(C)CCSC[C@@H](O)COC(C)C. The molecule has 0 amide bonds. The van der Waals surface area contributed by atoms with Gasteiger partial charge < -0.3 is 24.6 Å². The van der Waals surface area contributed by atoms with Crippen LogP contribution in [0.3, 0.4) is 0 Å². The van der Waals surface area contributed by atoms with Crippen molar-refractivity contribution in [3.8, 4) is 0 Å². The van der Waals surface area contributed by atoms with Crippen LogP contribution in [0.5, 0.6) is 0 Å². The number of ether oxygens (including phenoxy) is 2. The van der Waals surface area contributed by atoms with Crippen LogP contribution in [-0.4, -0.2) is 84.4 Å². The van der Waals surface area contributed by atoms with Crippen molar-refractivity contribution in [1.29, 1.82) is 0 Å². The first kappa shape index (κ1) is 21.1. The van der Waals surface area contributed by atoms with Gasteiger partial charge in [-0.05, 0) is 34.7 Å². The molecule has 0 aromatic carbocycles. The highest BCUT2D eigenvalue weighted by Crippen LogP contribution is 2.05. The van der Waals surface area contributed by atoms with Crippen LogP contribution >= 0.6 is 11.8 Å². The Morgan fingerprint density at radius 1 is 0.952 bits per heavy atom. The molecule has 5 nitrogen and oxygen atoms in total. The second kappa shape index (κ2) is 12.7. The lowest BCUT2D eigenvalue weighted by Gasteiger charge is -2.21. The maximum atomic E-state index is 9.81. The lowest BCUT2D eigenvalue weighted by atomic mass is 10.3. The Labute approximate surface area is 134 Å². The minimum Gasteiger partial charge on any atom is -0.390 e. The normalized spacial score (nSPS) is 15.1. The van der Waals surface area contributed by atoms with Crippen molar-refractivity contribution in [1.82, 2.24) is 4.90 Å². The van der Waals surface area contributed by atoms with E-state index >= 15 is 0 Å². The number of nitrogens with zero attached hydrogens (tertiary/aromatic N) is 1. The smallest absolute Gasteiger partial charge is 0.0900 e. The van der Waals surface area contributed by atoms with Gasteiger partial charge in [-0.25, -0.2) is 0 Å². The molecule has 0 spiro atoms. The second-order valence-electron chi connectivity index (χ2n) is 5.91. The predicted molar refractivity (Wildman–Crippen MR) is 89.0 cm³/mol. The summed E-state index contributed by atoms with van der Waals surface area (Å²) in [5, 5.41) is 19.5. The molecular weight excluding hydrogens is 290 g/mol. The number of hydrogen-bond acceptors (Lipinski definition) is 6. The molecule has 0 fully saturated rings. The highest BCUT2D eigenvalue weighted by atomic mass is 32.2. The van der Waals surface area contributed by atoms with Crippen molar-refractivity contribution in [3.63, 3.8) is 0 Å². The molecule has 128 valence electrons. The third kappa shape index (κ3) is 14.8. The Morgan fingerprint density at radius 3 is 2.00 bits per heavy atom. The third-order valence-electron chi connectivity index (χ3n) is 2.69. The zero-order valence-corrected chi connectivity index (χ0v) is 14.9. The zero-order chi connectivity index (χ0) is 16.3. The first-order valence-electron chi connectivity index (χ1n) is 7.66. The van der Waals surface area contributed by atoms with Gasteiger partial charge in [-0.3, -0.25) is 0 Å². The Bertz CT molecular complexity index is 242. The minimum atomic E-state index is -0.451. The number of thioether (sulfide) groups is 1. The topological polar surface area (TPSA) is 62.2 Å². The van der Waals surface area contributed by atoms with Gasteiger partial charge in [0, 0.05) is 24.6 Å². The van der Waals surface area contributed by atoms with Crippen LogP contribution in [-0.2, 0) is 9.47 Å². The Kier molecular flexibility index (Phi) is 12.8. The van der Waals surface area contributed by atoms with E-state index in [4.69, 9.17) is 9.47 Å². The van der Waals surface area contributed by atoms with Crippen LogP contribution in [0, 0.1) is 0 Å². The summed E-state index contributed by atoms with van der Waals surface area (Å²) < 4.78 is 10.7. The molecule has 0 saturated carbocycles. The lowest BCUT2D eigenvalue weighted by Crippen LogP contribution is -2.34. The summed E-state index contributed by atoms with van der Waals surface area (Å²) in [6, 6.07) is 0. The molecule has 0 aliphatic rings. The fourth-order valence-electron chi connectivity index (χ4n) is 1.60. The number of likely N-dealkylation sites (N-methyl/N-ethyl adjacent to an activating group) is 1. The van der Waals surface area contributed by atoms with Crippen LogP contribution in [0.15, 0.2) is 0 Å². The summed E-state index contributed by atoms with van der Waals surface area (Å²) in [6.45, 7) is 10.1. The summed E-state index contributed by atoms with van der Waals surface area (Å²) in [7, 11) is 1.98. The molecule has 2 N–H and O–H groups in total. The zero-order valence-electron chi connectivity index (χ0n) is 14.1. The van der Waals surface area contributed by atoms with Crippen LogP contribution in [0.25, 0.3) is 0 Å². The maximum absolute atomic E-state index is 9.81. The summed E-state index contributed by atoms with van der Waals surface area (Å²) in [6.07, 6.45) is -0.555. The van der Waals surface area contributed by atoms with Crippen molar-refractivity contribution < 1.29 is 19.7 Å². The van der Waals surface area contributed by atoms with E-state index in [9.17, 15) is 10.2 Å². The van der Waals surface area contributed by atoms with Gasteiger partial charge in [-0.2, -0.15) is 11.8 Å². The van der Waals surface area contributed by atoms with E-state index in [0.29, 0.717) is 25.5 Å².